The van der Waals surface area contributed by atoms with Crippen molar-refractivity contribution in [1.82, 2.24) is 10.2 Å². The van der Waals surface area contributed by atoms with Gasteiger partial charge in [0.25, 0.3) is 0 Å². The molecule has 0 bridgehead atoms. The van der Waals surface area contributed by atoms with E-state index in [9.17, 15) is 9.59 Å². The van der Waals surface area contributed by atoms with Crippen molar-refractivity contribution in [3.8, 4) is 0 Å². The number of rotatable bonds is 7. The van der Waals surface area contributed by atoms with Gasteiger partial charge >= 0.3 is 0 Å². The van der Waals surface area contributed by atoms with Gasteiger partial charge in [0.05, 0.1) is 0 Å². The predicted molar refractivity (Wildman–Crippen MR) is 72.1 cm³/mol. The Balaban J connectivity index is 1.98. The summed E-state index contributed by atoms with van der Waals surface area (Å²) >= 11 is 0. The summed E-state index contributed by atoms with van der Waals surface area (Å²) in [6, 6.07) is 0. The van der Waals surface area contributed by atoms with Gasteiger partial charge in [0.2, 0.25) is 11.8 Å². The zero-order valence-corrected chi connectivity index (χ0v) is 11.1. The highest BCUT2D eigenvalue weighted by Crippen LogP contribution is 2.11. The number of amides is 2. The fourth-order valence-corrected chi connectivity index (χ4v) is 2.16. The van der Waals surface area contributed by atoms with Gasteiger partial charge < -0.3 is 10.2 Å². The molecule has 0 atom stereocenters. The number of carbonyl (C=O) groups excluding carboxylic acids is 2. The first kappa shape index (κ1) is 14.7. The van der Waals surface area contributed by atoms with Crippen molar-refractivity contribution < 1.29 is 9.59 Å². The maximum atomic E-state index is 11.8. The second kappa shape index (κ2) is 8.72. The van der Waals surface area contributed by atoms with E-state index in [0.29, 0.717) is 18.9 Å². The Kier molecular flexibility index (Phi) is 7.14. The maximum Gasteiger partial charge on any atom is 0.243 e. The van der Waals surface area contributed by atoms with Crippen LogP contribution in [0.2, 0.25) is 0 Å². The molecule has 4 heteroatoms. The van der Waals surface area contributed by atoms with Crippen LogP contribution >= 0.6 is 0 Å². The highest BCUT2D eigenvalue weighted by molar-refractivity contribution is 5.86. The molecule has 1 aliphatic rings. The second-order valence-electron chi connectivity index (χ2n) is 4.75. The third-order valence-electron chi connectivity index (χ3n) is 3.26. The molecule has 0 aromatic heterocycles. The zero-order chi connectivity index (χ0) is 13.2. The molecule has 0 aliphatic carbocycles. The normalized spacial score (nSPS) is 15.2. The minimum absolute atomic E-state index is 0.126. The minimum Gasteiger partial charge on any atom is -0.353 e. The molecule has 102 valence electrons. The molecule has 0 aromatic carbocycles. The van der Waals surface area contributed by atoms with Crippen LogP contribution in [0.1, 0.15) is 44.9 Å². The van der Waals surface area contributed by atoms with Crippen LogP contribution in [-0.4, -0.2) is 36.3 Å². The van der Waals surface area contributed by atoms with Crippen LogP contribution in [0.5, 0.6) is 0 Å². The number of likely N-dealkylation sites (tertiary alicyclic amines) is 1. The predicted octanol–water partition coefficient (Wildman–Crippen LogP) is 1.86. The van der Waals surface area contributed by atoms with Gasteiger partial charge in [-0.3, -0.25) is 9.59 Å². The standard InChI is InChI=1S/C14H24N2O2/c1-2-13(17)15-10-6-3-5-9-14(18)16-11-7-4-8-12-16/h2H,1,3-12H2,(H,15,17). The summed E-state index contributed by atoms with van der Waals surface area (Å²) < 4.78 is 0. The fourth-order valence-electron chi connectivity index (χ4n) is 2.16. The number of unbranched alkanes of at least 4 members (excludes halogenated alkanes) is 2. The van der Waals surface area contributed by atoms with Crippen molar-refractivity contribution in [2.24, 2.45) is 0 Å². The van der Waals surface area contributed by atoms with E-state index in [1.165, 1.54) is 12.5 Å². The molecular weight excluding hydrogens is 228 g/mol. The van der Waals surface area contributed by atoms with E-state index >= 15 is 0 Å². The quantitative estimate of drug-likeness (QED) is 0.555. The number of carbonyl (C=O) groups is 2. The third kappa shape index (κ3) is 5.84. The lowest BCUT2D eigenvalue weighted by Gasteiger charge is -2.26. The van der Waals surface area contributed by atoms with Crippen LogP contribution in [0.3, 0.4) is 0 Å². The number of hydrogen-bond acceptors (Lipinski definition) is 2. The molecule has 2 amide bonds. The van der Waals surface area contributed by atoms with E-state index in [4.69, 9.17) is 0 Å². The molecule has 0 spiro atoms. The molecule has 1 heterocycles. The lowest BCUT2D eigenvalue weighted by molar-refractivity contribution is -0.132. The number of piperidine rings is 1. The second-order valence-corrected chi connectivity index (χ2v) is 4.75. The van der Waals surface area contributed by atoms with Gasteiger partial charge in [-0.15, -0.1) is 0 Å². The topological polar surface area (TPSA) is 49.4 Å². The summed E-state index contributed by atoms with van der Waals surface area (Å²) in [5.74, 6) is 0.171. The summed E-state index contributed by atoms with van der Waals surface area (Å²) in [6.07, 6.45) is 8.31. The van der Waals surface area contributed by atoms with Gasteiger partial charge in [0.15, 0.2) is 0 Å². The van der Waals surface area contributed by atoms with Crippen LogP contribution in [-0.2, 0) is 9.59 Å². The monoisotopic (exact) mass is 252 g/mol. The molecule has 18 heavy (non-hydrogen) atoms. The Morgan fingerprint density at radius 1 is 1.11 bits per heavy atom. The average Bonchev–Trinajstić information content (AvgIpc) is 2.43. The summed E-state index contributed by atoms with van der Waals surface area (Å²) in [4.78, 5) is 24.7. The molecule has 1 aliphatic heterocycles. The van der Waals surface area contributed by atoms with E-state index in [-0.39, 0.29) is 5.91 Å². The van der Waals surface area contributed by atoms with E-state index in [1.54, 1.807) is 0 Å². The first-order chi connectivity index (χ1) is 8.74. The Morgan fingerprint density at radius 3 is 2.50 bits per heavy atom. The molecule has 1 rings (SSSR count). The number of nitrogens with zero attached hydrogens (tertiary/aromatic N) is 1. The van der Waals surface area contributed by atoms with Crippen LogP contribution in [0.25, 0.3) is 0 Å². The van der Waals surface area contributed by atoms with E-state index in [0.717, 1.165) is 45.2 Å². The van der Waals surface area contributed by atoms with Crippen molar-refractivity contribution >= 4 is 11.8 Å². The highest BCUT2D eigenvalue weighted by Gasteiger charge is 2.15. The van der Waals surface area contributed by atoms with Gasteiger partial charge in [0, 0.05) is 26.1 Å². The molecular formula is C14H24N2O2. The molecule has 1 N–H and O–H groups in total. The Morgan fingerprint density at radius 2 is 1.83 bits per heavy atom. The lowest BCUT2D eigenvalue weighted by Crippen LogP contribution is -2.35. The fraction of sp³-hybridized carbons (Fsp3) is 0.714. The van der Waals surface area contributed by atoms with Crippen molar-refractivity contribution in [3.05, 3.63) is 12.7 Å². The van der Waals surface area contributed by atoms with Crippen LogP contribution < -0.4 is 5.32 Å². The summed E-state index contributed by atoms with van der Waals surface area (Å²) in [5.41, 5.74) is 0. The Bertz CT molecular complexity index is 284. The molecule has 1 saturated heterocycles. The lowest BCUT2D eigenvalue weighted by atomic mass is 10.1. The molecule has 0 aromatic rings. The zero-order valence-electron chi connectivity index (χ0n) is 11.1. The molecule has 4 nitrogen and oxygen atoms in total. The molecule has 0 radical (unpaired) electrons. The number of hydrogen-bond donors (Lipinski definition) is 1. The summed E-state index contributed by atoms with van der Waals surface area (Å²) in [5, 5.41) is 2.73. The smallest absolute Gasteiger partial charge is 0.243 e. The van der Waals surface area contributed by atoms with Gasteiger partial charge in [-0.2, -0.15) is 0 Å². The van der Waals surface area contributed by atoms with Gasteiger partial charge in [-0.05, 0) is 38.2 Å². The third-order valence-corrected chi connectivity index (χ3v) is 3.26. The maximum absolute atomic E-state index is 11.8. The van der Waals surface area contributed by atoms with Crippen LogP contribution in [0.4, 0.5) is 0 Å². The van der Waals surface area contributed by atoms with Gasteiger partial charge in [0.1, 0.15) is 0 Å². The molecule has 1 fully saturated rings. The van der Waals surface area contributed by atoms with Crippen molar-refractivity contribution in [3.63, 3.8) is 0 Å². The average molecular weight is 252 g/mol. The minimum atomic E-state index is -0.126. The first-order valence-corrected chi connectivity index (χ1v) is 6.92. The van der Waals surface area contributed by atoms with Gasteiger partial charge in [-0.1, -0.05) is 13.0 Å². The van der Waals surface area contributed by atoms with E-state index in [1.807, 2.05) is 4.90 Å². The van der Waals surface area contributed by atoms with Crippen LogP contribution in [0.15, 0.2) is 12.7 Å². The SMILES string of the molecule is C=CC(=O)NCCCCCC(=O)N1CCCCC1. The van der Waals surface area contributed by atoms with E-state index in [2.05, 4.69) is 11.9 Å². The largest absolute Gasteiger partial charge is 0.353 e. The van der Waals surface area contributed by atoms with Gasteiger partial charge in [-0.25, -0.2) is 0 Å². The van der Waals surface area contributed by atoms with Crippen molar-refractivity contribution in [2.45, 2.75) is 44.9 Å². The number of nitrogens with one attached hydrogen (secondary N) is 1. The van der Waals surface area contributed by atoms with Crippen molar-refractivity contribution in [2.75, 3.05) is 19.6 Å². The molecule has 0 saturated carbocycles. The van der Waals surface area contributed by atoms with E-state index < -0.39 is 0 Å². The van der Waals surface area contributed by atoms with Crippen molar-refractivity contribution in [1.29, 1.82) is 0 Å². The molecule has 0 unspecified atom stereocenters. The highest BCUT2D eigenvalue weighted by atomic mass is 16.2. The summed E-state index contributed by atoms with van der Waals surface area (Å²) in [6.45, 7) is 5.94. The Hall–Kier alpha value is -1.32. The first-order valence-electron chi connectivity index (χ1n) is 6.92. The Labute approximate surface area is 109 Å². The summed E-state index contributed by atoms with van der Waals surface area (Å²) in [7, 11) is 0. The van der Waals surface area contributed by atoms with Crippen LogP contribution in [0, 0.1) is 0 Å².